The molecule has 108 valence electrons. The molecule has 0 fully saturated rings. The van der Waals surface area contributed by atoms with E-state index in [0.717, 1.165) is 30.0 Å². The number of nitrogens with one attached hydrogen (secondary N) is 1. The van der Waals surface area contributed by atoms with Crippen molar-refractivity contribution in [2.24, 2.45) is 0 Å². The number of aromatic nitrogens is 3. The van der Waals surface area contributed by atoms with Gasteiger partial charge in [0.15, 0.2) is 5.65 Å². The van der Waals surface area contributed by atoms with E-state index in [2.05, 4.69) is 15.5 Å². The first-order valence-electron chi connectivity index (χ1n) is 6.67. The second-order valence-electron chi connectivity index (χ2n) is 4.71. The molecule has 3 aromatic rings. The van der Waals surface area contributed by atoms with Crippen LogP contribution in [-0.2, 0) is 13.0 Å². The van der Waals surface area contributed by atoms with Crippen molar-refractivity contribution in [2.75, 3.05) is 6.54 Å². The third kappa shape index (κ3) is 3.35. The summed E-state index contributed by atoms with van der Waals surface area (Å²) in [6, 6.07) is 11.4. The van der Waals surface area contributed by atoms with Gasteiger partial charge >= 0.3 is 0 Å². The SMILES string of the molecule is Clc1ccc(CNCCc2nnc3ccccn23)c(Cl)c1. The summed E-state index contributed by atoms with van der Waals surface area (Å²) in [5, 5.41) is 13.0. The summed E-state index contributed by atoms with van der Waals surface area (Å²) in [4.78, 5) is 0. The zero-order chi connectivity index (χ0) is 14.7. The lowest BCUT2D eigenvalue weighted by atomic mass is 10.2. The number of fused-ring (bicyclic) bond motifs is 1. The lowest BCUT2D eigenvalue weighted by molar-refractivity contribution is 0.667. The van der Waals surface area contributed by atoms with E-state index in [9.17, 15) is 0 Å². The first-order valence-corrected chi connectivity index (χ1v) is 7.43. The van der Waals surface area contributed by atoms with Gasteiger partial charge < -0.3 is 5.32 Å². The molecular weight excluding hydrogens is 307 g/mol. The molecule has 0 aliphatic heterocycles. The maximum absolute atomic E-state index is 6.14. The van der Waals surface area contributed by atoms with E-state index < -0.39 is 0 Å². The molecule has 2 heterocycles. The Kier molecular flexibility index (Phi) is 4.39. The maximum Gasteiger partial charge on any atom is 0.160 e. The third-order valence-corrected chi connectivity index (χ3v) is 3.83. The van der Waals surface area contributed by atoms with Gasteiger partial charge in [-0.3, -0.25) is 4.40 Å². The van der Waals surface area contributed by atoms with Gasteiger partial charge in [-0.2, -0.15) is 0 Å². The second kappa shape index (κ2) is 6.43. The van der Waals surface area contributed by atoms with E-state index in [1.807, 2.05) is 40.9 Å². The quantitative estimate of drug-likeness (QED) is 0.733. The van der Waals surface area contributed by atoms with Crippen molar-refractivity contribution < 1.29 is 0 Å². The van der Waals surface area contributed by atoms with Crippen LogP contribution in [0.25, 0.3) is 5.65 Å². The van der Waals surface area contributed by atoms with E-state index in [1.165, 1.54) is 0 Å². The molecule has 0 amide bonds. The zero-order valence-corrected chi connectivity index (χ0v) is 12.8. The first-order chi connectivity index (χ1) is 10.2. The van der Waals surface area contributed by atoms with E-state index in [-0.39, 0.29) is 0 Å². The monoisotopic (exact) mass is 320 g/mol. The van der Waals surface area contributed by atoms with Crippen molar-refractivity contribution in [2.45, 2.75) is 13.0 Å². The first kappa shape index (κ1) is 14.3. The highest BCUT2D eigenvalue weighted by molar-refractivity contribution is 6.35. The van der Waals surface area contributed by atoms with Crippen LogP contribution in [0.15, 0.2) is 42.6 Å². The average molecular weight is 321 g/mol. The molecule has 0 aliphatic carbocycles. The average Bonchev–Trinajstić information content (AvgIpc) is 2.89. The summed E-state index contributed by atoms with van der Waals surface area (Å²) in [6.07, 6.45) is 2.77. The number of pyridine rings is 1. The van der Waals surface area contributed by atoms with E-state index in [1.54, 1.807) is 6.07 Å². The van der Waals surface area contributed by atoms with Gasteiger partial charge in [-0.05, 0) is 29.8 Å². The van der Waals surface area contributed by atoms with Crippen molar-refractivity contribution in [3.63, 3.8) is 0 Å². The number of nitrogens with zero attached hydrogens (tertiary/aromatic N) is 3. The second-order valence-corrected chi connectivity index (χ2v) is 5.55. The Bertz CT molecular complexity index is 754. The van der Waals surface area contributed by atoms with Crippen LogP contribution in [0, 0.1) is 0 Å². The van der Waals surface area contributed by atoms with Gasteiger partial charge in [0.2, 0.25) is 0 Å². The molecule has 0 radical (unpaired) electrons. The van der Waals surface area contributed by atoms with Gasteiger partial charge in [-0.1, -0.05) is 35.3 Å². The highest BCUT2D eigenvalue weighted by atomic mass is 35.5. The summed E-state index contributed by atoms with van der Waals surface area (Å²) < 4.78 is 2.00. The summed E-state index contributed by atoms with van der Waals surface area (Å²) in [6.45, 7) is 1.50. The molecule has 1 N–H and O–H groups in total. The Hall–Kier alpha value is -1.62. The minimum atomic E-state index is 0.652. The number of benzene rings is 1. The molecule has 21 heavy (non-hydrogen) atoms. The predicted octanol–water partition coefficient (Wildman–Crippen LogP) is 3.37. The molecule has 4 nitrogen and oxygen atoms in total. The Balaban J connectivity index is 1.57. The zero-order valence-electron chi connectivity index (χ0n) is 11.3. The molecular formula is C15H14Cl2N4. The number of hydrogen-bond donors (Lipinski definition) is 1. The van der Waals surface area contributed by atoms with Gasteiger partial charge in [0.25, 0.3) is 0 Å². The Morgan fingerprint density at radius 3 is 2.86 bits per heavy atom. The summed E-state index contributed by atoms with van der Waals surface area (Å²) >= 11 is 12.0. The molecule has 0 unspecified atom stereocenters. The van der Waals surface area contributed by atoms with Gasteiger partial charge in [-0.15, -0.1) is 10.2 Å². The normalized spacial score (nSPS) is 11.1. The molecule has 0 atom stereocenters. The van der Waals surface area contributed by atoms with Crippen molar-refractivity contribution in [3.05, 3.63) is 64.0 Å². The van der Waals surface area contributed by atoms with Crippen LogP contribution in [0.4, 0.5) is 0 Å². The van der Waals surface area contributed by atoms with Crippen LogP contribution < -0.4 is 5.32 Å². The molecule has 0 spiro atoms. The predicted molar refractivity (Wildman–Crippen MR) is 84.9 cm³/mol. The highest BCUT2D eigenvalue weighted by Crippen LogP contribution is 2.20. The number of halogens is 2. The van der Waals surface area contributed by atoms with Crippen molar-refractivity contribution >= 4 is 28.8 Å². The topological polar surface area (TPSA) is 42.2 Å². The molecule has 2 aromatic heterocycles. The summed E-state index contributed by atoms with van der Waals surface area (Å²) in [5.41, 5.74) is 1.90. The Morgan fingerprint density at radius 2 is 2.00 bits per heavy atom. The van der Waals surface area contributed by atoms with Gasteiger partial charge in [0, 0.05) is 35.8 Å². The number of rotatable bonds is 5. The molecule has 0 saturated carbocycles. The molecule has 3 rings (SSSR count). The molecule has 6 heteroatoms. The van der Waals surface area contributed by atoms with Crippen molar-refractivity contribution in [1.29, 1.82) is 0 Å². The highest BCUT2D eigenvalue weighted by Gasteiger charge is 2.04. The van der Waals surface area contributed by atoms with Crippen molar-refractivity contribution in [1.82, 2.24) is 19.9 Å². The van der Waals surface area contributed by atoms with Crippen LogP contribution in [0.5, 0.6) is 0 Å². The largest absolute Gasteiger partial charge is 0.312 e. The van der Waals surface area contributed by atoms with Crippen LogP contribution in [0.2, 0.25) is 10.0 Å². The smallest absolute Gasteiger partial charge is 0.160 e. The molecule has 0 aliphatic rings. The molecule has 0 bridgehead atoms. The van der Waals surface area contributed by atoms with E-state index in [4.69, 9.17) is 23.2 Å². The summed E-state index contributed by atoms with van der Waals surface area (Å²) in [5.74, 6) is 0.945. The fourth-order valence-corrected chi connectivity index (χ4v) is 2.63. The van der Waals surface area contributed by atoms with Crippen LogP contribution in [-0.4, -0.2) is 21.1 Å². The number of hydrogen-bond acceptors (Lipinski definition) is 3. The lowest BCUT2D eigenvalue weighted by Crippen LogP contribution is -2.18. The van der Waals surface area contributed by atoms with Crippen LogP contribution in [0.3, 0.4) is 0 Å². The molecule has 1 aromatic carbocycles. The van der Waals surface area contributed by atoms with E-state index in [0.29, 0.717) is 16.6 Å². The Labute approximate surface area is 132 Å². The van der Waals surface area contributed by atoms with Gasteiger partial charge in [-0.25, -0.2) is 0 Å². The maximum atomic E-state index is 6.14. The van der Waals surface area contributed by atoms with Crippen LogP contribution >= 0.6 is 23.2 Å². The van der Waals surface area contributed by atoms with Crippen LogP contribution in [0.1, 0.15) is 11.4 Å². The fourth-order valence-electron chi connectivity index (χ4n) is 2.15. The fraction of sp³-hybridized carbons (Fsp3) is 0.200. The Morgan fingerprint density at radius 1 is 1.10 bits per heavy atom. The van der Waals surface area contributed by atoms with Crippen molar-refractivity contribution in [3.8, 4) is 0 Å². The van der Waals surface area contributed by atoms with Gasteiger partial charge in [0.1, 0.15) is 5.82 Å². The third-order valence-electron chi connectivity index (χ3n) is 3.24. The van der Waals surface area contributed by atoms with E-state index >= 15 is 0 Å². The minimum Gasteiger partial charge on any atom is -0.312 e. The minimum absolute atomic E-state index is 0.652. The van der Waals surface area contributed by atoms with Gasteiger partial charge in [0.05, 0.1) is 0 Å². The lowest BCUT2D eigenvalue weighted by Gasteiger charge is -2.06. The molecule has 0 saturated heterocycles. The standard InChI is InChI=1S/C15H14Cl2N4/c16-12-5-4-11(13(17)9-12)10-18-7-6-15-20-19-14-3-1-2-8-21(14)15/h1-5,8-9,18H,6-7,10H2. The summed E-state index contributed by atoms with van der Waals surface area (Å²) in [7, 11) is 0.